The van der Waals surface area contributed by atoms with E-state index in [2.05, 4.69) is 18.0 Å². The summed E-state index contributed by atoms with van der Waals surface area (Å²) in [7, 11) is 0. The highest BCUT2D eigenvalue weighted by molar-refractivity contribution is 5.20. The predicted octanol–water partition coefficient (Wildman–Crippen LogP) is 2.49. The second-order valence-electron chi connectivity index (χ2n) is 6.59. The van der Waals surface area contributed by atoms with Gasteiger partial charge in [-0.15, -0.1) is 0 Å². The lowest BCUT2D eigenvalue weighted by Gasteiger charge is -2.49. The molecule has 1 heterocycles. The predicted molar refractivity (Wildman–Crippen MR) is 73.7 cm³/mol. The molecule has 2 fully saturated rings. The average molecular weight is 261 g/mol. The fraction of sp³-hybridized carbons (Fsp3) is 0.688. The van der Waals surface area contributed by atoms with Gasteiger partial charge in [-0.2, -0.15) is 0 Å². The first-order valence-corrected chi connectivity index (χ1v) is 7.32. The van der Waals surface area contributed by atoms with Crippen LogP contribution in [0.4, 0.5) is 0 Å². The molecule has 2 N–H and O–H groups in total. The number of aliphatic hydroxyl groups is 2. The number of nitrogens with zero attached hydrogens (tertiary/aromatic N) is 1. The molecule has 0 aromatic carbocycles. The summed E-state index contributed by atoms with van der Waals surface area (Å²) < 4.78 is 0. The summed E-state index contributed by atoms with van der Waals surface area (Å²) in [6.45, 7) is 2.37. The topological polar surface area (TPSA) is 53.4 Å². The van der Waals surface area contributed by atoms with Crippen LogP contribution in [0.5, 0.6) is 0 Å². The van der Waals surface area contributed by atoms with Gasteiger partial charge in [0.25, 0.3) is 0 Å². The molecule has 1 aromatic heterocycles. The molecular weight excluding hydrogens is 238 g/mol. The standard InChI is InChI=1S/C16H23NO2/c1-15-6-4-12(13-3-2-8-17-10-13)9-16(15,19)7-5-14(15)11-18/h2-3,8,10,12,14,18-19H,4-7,9,11H2,1H3/t12-,14+,15+,16-/m0/s1. The first-order chi connectivity index (χ1) is 9.09. The highest BCUT2D eigenvalue weighted by Crippen LogP contribution is 2.60. The second-order valence-corrected chi connectivity index (χ2v) is 6.59. The van der Waals surface area contributed by atoms with Gasteiger partial charge in [0, 0.05) is 24.4 Å². The van der Waals surface area contributed by atoms with Crippen molar-refractivity contribution in [1.82, 2.24) is 4.98 Å². The van der Waals surface area contributed by atoms with Gasteiger partial charge in [0.1, 0.15) is 0 Å². The van der Waals surface area contributed by atoms with E-state index >= 15 is 0 Å². The Morgan fingerprint density at radius 3 is 2.89 bits per heavy atom. The van der Waals surface area contributed by atoms with Gasteiger partial charge in [-0.1, -0.05) is 13.0 Å². The number of fused-ring (bicyclic) bond motifs is 1. The Hall–Kier alpha value is -0.930. The molecule has 2 aliphatic carbocycles. The van der Waals surface area contributed by atoms with Crippen LogP contribution in [0.25, 0.3) is 0 Å². The van der Waals surface area contributed by atoms with E-state index in [0.29, 0.717) is 5.92 Å². The number of aliphatic hydroxyl groups excluding tert-OH is 1. The largest absolute Gasteiger partial charge is 0.396 e. The van der Waals surface area contributed by atoms with E-state index in [4.69, 9.17) is 0 Å². The summed E-state index contributed by atoms with van der Waals surface area (Å²) in [6, 6.07) is 4.08. The van der Waals surface area contributed by atoms with Crippen LogP contribution in [-0.2, 0) is 0 Å². The molecule has 19 heavy (non-hydrogen) atoms. The van der Waals surface area contributed by atoms with E-state index in [-0.39, 0.29) is 17.9 Å². The van der Waals surface area contributed by atoms with Crippen molar-refractivity contribution in [3.05, 3.63) is 30.1 Å². The molecule has 3 heteroatoms. The zero-order chi connectivity index (χ0) is 13.5. The molecule has 2 aliphatic rings. The molecule has 0 saturated heterocycles. The lowest BCUT2D eigenvalue weighted by atomic mass is 9.59. The average Bonchev–Trinajstić information content (AvgIpc) is 2.70. The summed E-state index contributed by atoms with van der Waals surface area (Å²) in [4.78, 5) is 4.19. The van der Waals surface area contributed by atoms with E-state index in [9.17, 15) is 10.2 Å². The Morgan fingerprint density at radius 1 is 1.37 bits per heavy atom. The first-order valence-electron chi connectivity index (χ1n) is 7.32. The van der Waals surface area contributed by atoms with Crippen LogP contribution in [0.2, 0.25) is 0 Å². The fourth-order valence-corrected chi connectivity index (χ4v) is 4.35. The van der Waals surface area contributed by atoms with Crippen LogP contribution in [0.15, 0.2) is 24.5 Å². The van der Waals surface area contributed by atoms with Crippen molar-refractivity contribution in [3.63, 3.8) is 0 Å². The van der Waals surface area contributed by atoms with Crippen LogP contribution in [-0.4, -0.2) is 27.4 Å². The molecule has 0 spiro atoms. The van der Waals surface area contributed by atoms with Crippen molar-refractivity contribution in [2.24, 2.45) is 11.3 Å². The summed E-state index contributed by atoms with van der Waals surface area (Å²) in [5.41, 5.74) is 0.519. The van der Waals surface area contributed by atoms with E-state index in [0.717, 1.165) is 32.1 Å². The molecule has 0 aliphatic heterocycles. The summed E-state index contributed by atoms with van der Waals surface area (Å²) in [6.07, 6.45) is 8.38. The van der Waals surface area contributed by atoms with Crippen LogP contribution in [0.1, 0.15) is 50.5 Å². The Morgan fingerprint density at radius 2 is 2.21 bits per heavy atom. The summed E-state index contributed by atoms with van der Waals surface area (Å²) in [5.74, 6) is 0.663. The first kappa shape index (κ1) is 13.1. The number of pyridine rings is 1. The third-order valence-corrected chi connectivity index (χ3v) is 5.84. The second kappa shape index (κ2) is 4.57. The maximum absolute atomic E-state index is 11.1. The van der Waals surface area contributed by atoms with Gasteiger partial charge in [0.2, 0.25) is 0 Å². The van der Waals surface area contributed by atoms with Crippen LogP contribution >= 0.6 is 0 Å². The third-order valence-electron chi connectivity index (χ3n) is 5.84. The van der Waals surface area contributed by atoms with Gasteiger partial charge in [-0.05, 0) is 55.6 Å². The lowest BCUT2D eigenvalue weighted by molar-refractivity contribution is -0.110. The van der Waals surface area contributed by atoms with E-state index < -0.39 is 5.60 Å². The summed E-state index contributed by atoms with van der Waals surface area (Å²) >= 11 is 0. The fourth-order valence-electron chi connectivity index (χ4n) is 4.35. The number of hydrogen-bond acceptors (Lipinski definition) is 3. The molecule has 1 aromatic rings. The maximum atomic E-state index is 11.1. The zero-order valence-corrected chi connectivity index (χ0v) is 11.5. The molecular formula is C16H23NO2. The molecule has 4 atom stereocenters. The van der Waals surface area contributed by atoms with Crippen molar-refractivity contribution in [3.8, 4) is 0 Å². The zero-order valence-electron chi connectivity index (χ0n) is 11.5. The minimum Gasteiger partial charge on any atom is -0.396 e. The highest BCUT2D eigenvalue weighted by atomic mass is 16.3. The number of hydrogen-bond donors (Lipinski definition) is 2. The van der Waals surface area contributed by atoms with Gasteiger partial charge in [-0.3, -0.25) is 4.98 Å². The molecule has 2 saturated carbocycles. The van der Waals surface area contributed by atoms with Crippen molar-refractivity contribution in [2.45, 2.75) is 50.5 Å². The third kappa shape index (κ3) is 1.91. The minimum atomic E-state index is -0.612. The minimum absolute atomic E-state index is 0.111. The van der Waals surface area contributed by atoms with E-state index in [1.807, 2.05) is 12.3 Å². The van der Waals surface area contributed by atoms with Crippen molar-refractivity contribution < 1.29 is 10.2 Å². The molecule has 3 rings (SSSR count). The number of aromatic nitrogens is 1. The summed E-state index contributed by atoms with van der Waals surface area (Å²) in [5, 5.41) is 20.6. The van der Waals surface area contributed by atoms with E-state index in [1.54, 1.807) is 6.20 Å². The molecule has 0 radical (unpaired) electrons. The van der Waals surface area contributed by atoms with Crippen molar-refractivity contribution in [1.29, 1.82) is 0 Å². The van der Waals surface area contributed by atoms with Crippen LogP contribution < -0.4 is 0 Å². The van der Waals surface area contributed by atoms with Crippen LogP contribution in [0.3, 0.4) is 0 Å². The van der Waals surface area contributed by atoms with Gasteiger partial charge in [0.15, 0.2) is 0 Å². The normalized spacial score (nSPS) is 42.1. The molecule has 3 nitrogen and oxygen atoms in total. The maximum Gasteiger partial charge on any atom is 0.0710 e. The van der Waals surface area contributed by atoms with E-state index in [1.165, 1.54) is 5.56 Å². The van der Waals surface area contributed by atoms with Crippen LogP contribution in [0, 0.1) is 11.3 Å². The molecule has 104 valence electrons. The molecule has 0 unspecified atom stereocenters. The Labute approximate surface area is 114 Å². The van der Waals surface area contributed by atoms with Gasteiger partial charge in [0.05, 0.1) is 5.60 Å². The quantitative estimate of drug-likeness (QED) is 0.860. The van der Waals surface area contributed by atoms with Gasteiger partial charge < -0.3 is 10.2 Å². The SMILES string of the molecule is C[C@]12CC[C@H](c3cccnc3)C[C@@]1(O)CC[C@@H]2CO. The van der Waals surface area contributed by atoms with Gasteiger partial charge >= 0.3 is 0 Å². The smallest absolute Gasteiger partial charge is 0.0710 e. The molecule has 0 amide bonds. The number of rotatable bonds is 2. The highest BCUT2D eigenvalue weighted by Gasteiger charge is 2.58. The Bertz CT molecular complexity index is 449. The van der Waals surface area contributed by atoms with Crippen molar-refractivity contribution in [2.75, 3.05) is 6.61 Å². The Balaban J connectivity index is 1.85. The molecule has 0 bridgehead atoms. The monoisotopic (exact) mass is 261 g/mol. The lowest BCUT2D eigenvalue weighted by Crippen LogP contribution is -2.49. The van der Waals surface area contributed by atoms with Gasteiger partial charge in [-0.25, -0.2) is 0 Å². The Kier molecular flexibility index (Phi) is 3.14. The van der Waals surface area contributed by atoms with Crippen molar-refractivity contribution >= 4 is 0 Å².